The summed E-state index contributed by atoms with van der Waals surface area (Å²) in [6.07, 6.45) is 1.52. The number of ether oxygens (including phenoxy) is 1. The summed E-state index contributed by atoms with van der Waals surface area (Å²) in [6, 6.07) is 7.53. The molecule has 0 N–H and O–H groups in total. The van der Waals surface area contributed by atoms with Crippen LogP contribution in [-0.4, -0.2) is 50.1 Å². The van der Waals surface area contributed by atoms with Crippen LogP contribution >= 0.6 is 0 Å². The van der Waals surface area contributed by atoms with Crippen LogP contribution < -0.4 is 4.90 Å². The fourth-order valence-corrected chi connectivity index (χ4v) is 4.27. The van der Waals surface area contributed by atoms with Crippen LogP contribution in [0.3, 0.4) is 0 Å². The van der Waals surface area contributed by atoms with Crippen molar-refractivity contribution in [3.63, 3.8) is 0 Å². The monoisotopic (exact) mass is 348 g/mol. The standard InChI is InChI=1S/C17H20N2O4S/c1-3-23-17(20)14-10-18-15-7-5-4-6-13(15)16(14)19-8-9-24(21,22)12(2)11-19/h4-7,10,12H,3,8-9,11H2,1-2H3. The van der Waals surface area contributed by atoms with E-state index in [1.54, 1.807) is 13.8 Å². The minimum Gasteiger partial charge on any atom is -0.462 e. The highest BCUT2D eigenvalue weighted by Gasteiger charge is 2.32. The number of hydrogen-bond donors (Lipinski definition) is 0. The molecule has 0 amide bonds. The number of anilines is 1. The molecule has 0 radical (unpaired) electrons. The quantitative estimate of drug-likeness (QED) is 0.790. The lowest BCUT2D eigenvalue weighted by atomic mass is 10.1. The first-order valence-electron chi connectivity index (χ1n) is 7.95. The second-order valence-corrected chi connectivity index (χ2v) is 8.42. The Kier molecular flexibility index (Phi) is 4.45. The van der Waals surface area contributed by atoms with E-state index < -0.39 is 21.1 Å². The molecule has 1 saturated heterocycles. The predicted octanol–water partition coefficient (Wildman–Crippen LogP) is 2.03. The number of pyridine rings is 1. The average Bonchev–Trinajstić information content (AvgIpc) is 2.56. The van der Waals surface area contributed by atoms with Gasteiger partial charge >= 0.3 is 5.97 Å². The Morgan fingerprint density at radius 1 is 1.38 bits per heavy atom. The van der Waals surface area contributed by atoms with Gasteiger partial charge in [0.2, 0.25) is 0 Å². The minimum absolute atomic E-state index is 0.0765. The summed E-state index contributed by atoms with van der Waals surface area (Å²) < 4.78 is 29.2. The Balaban J connectivity index is 2.13. The zero-order valence-electron chi connectivity index (χ0n) is 13.7. The predicted molar refractivity (Wildman–Crippen MR) is 93.2 cm³/mol. The summed E-state index contributed by atoms with van der Waals surface area (Å²) in [5.74, 6) is -0.362. The number of para-hydroxylation sites is 1. The normalized spacial score (nSPS) is 20.1. The van der Waals surface area contributed by atoms with Crippen molar-refractivity contribution < 1.29 is 17.9 Å². The van der Waals surface area contributed by atoms with E-state index >= 15 is 0 Å². The number of esters is 1. The SMILES string of the molecule is CCOC(=O)c1cnc2ccccc2c1N1CCS(=O)(=O)C(C)C1. The van der Waals surface area contributed by atoms with E-state index in [2.05, 4.69) is 4.98 Å². The lowest BCUT2D eigenvalue weighted by molar-refractivity contribution is 0.0527. The van der Waals surface area contributed by atoms with Crippen LogP contribution in [-0.2, 0) is 14.6 Å². The Morgan fingerprint density at radius 2 is 2.12 bits per heavy atom. The maximum Gasteiger partial charge on any atom is 0.341 e. The first kappa shape index (κ1) is 16.7. The third kappa shape index (κ3) is 2.96. The van der Waals surface area contributed by atoms with Crippen molar-refractivity contribution in [2.45, 2.75) is 19.1 Å². The molecular formula is C17H20N2O4S. The summed E-state index contributed by atoms with van der Waals surface area (Å²) in [7, 11) is -3.07. The number of aromatic nitrogens is 1. The number of hydrogen-bond acceptors (Lipinski definition) is 6. The van der Waals surface area contributed by atoms with Crippen LogP contribution in [0, 0.1) is 0 Å². The number of rotatable bonds is 3. The van der Waals surface area contributed by atoms with Crippen LogP contribution in [0.1, 0.15) is 24.2 Å². The van der Waals surface area contributed by atoms with E-state index in [1.807, 2.05) is 29.2 Å². The fraction of sp³-hybridized carbons (Fsp3) is 0.412. The Labute approximate surface area is 141 Å². The van der Waals surface area contributed by atoms with E-state index in [4.69, 9.17) is 4.74 Å². The molecule has 6 nitrogen and oxygen atoms in total. The molecule has 1 unspecified atom stereocenters. The molecule has 0 saturated carbocycles. The van der Waals surface area contributed by atoms with Crippen LogP contribution in [0.2, 0.25) is 0 Å². The van der Waals surface area contributed by atoms with Gasteiger partial charge in [0.05, 0.1) is 28.8 Å². The summed E-state index contributed by atoms with van der Waals surface area (Å²) in [4.78, 5) is 18.7. The van der Waals surface area contributed by atoms with E-state index in [-0.39, 0.29) is 12.4 Å². The summed E-state index contributed by atoms with van der Waals surface area (Å²) >= 11 is 0. The number of benzene rings is 1. The fourth-order valence-electron chi connectivity index (χ4n) is 2.98. The molecule has 0 aliphatic carbocycles. The smallest absolute Gasteiger partial charge is 0.341 e. The van der Waals surface area contributed by atoms with Crippen LogP contribution in [0.5, 0.6) is 0 Å². The van der Waals surface area contributed by atoms with E-state index in [9.17, 15) is 13.2 Å². The highest BCUT2D eigenvalue weighted by molar-refractivity contribution is 7.92. The van der Waals surface area contributed by atoms with Gasteiger partial charge in [-0.05, 0) is 19.9 Å². The first-order chi connectivity index (χ1) is 11.4. The molecule has 7 heteroatoms. The van der Waals surface area contributed by atoms with Gasteiger partial charge in [-0.2, -0.15) is 0 Å². The summed E-state index contributed by atoms with van der Waals surface area (Å²) in [6.45, 7) is 4.43. The molecule has 1 aliphatic heterocycles. The van der Waals surface area contributed by atoms with Gasteiger partial charge in [0.15, 0.2) is 9.84 Å². The Hall–Kier alpha value is -2.15. The zero-order valence-corrected chi connectivity index (χ0v) is 14.5. The topological polar surface area (TPSA) is 76.6 Å². The third-order valence-electron chi connectivity index (χ3n) is 4.29. The average molecular weight is 348 g/mol. The molecular weight excluding hydrogens is 328 g/mol. The van der Waals surface area contributed by atoms with Crippen molar-refractivity contribution in [1.82, 2.24) is 4.98 Å². The maximum absolute atomic E-state index is 12.4. The van der Waals surface area contributed by atoms with Crippen molar-refractivity contribution >= 4 is 32.4 Å². The number of carbonyl (C=O) groups excluding carboxylic acids is 1. The van der Waals surface area contributed by atoms with Gasteiger partial charge in [-0.25, -0.2) is 13.2 Å². The number of fused-ring (bicyclic) bond motifs is 1. The highest BCUT2D eigenvalue weighted by Crippen LogP contribution is 2.32. The second-order valence-electron chi connectivity index (χ2n) is 5.88. The molecule has 0 spiro atoms. The number of nitrogens with zero attached hydrogens (tertiary/aromatic N) is 2. The van der Waals surface area contributed by atoms with Crippen LogP contribution in [0.4, 0.5) is 5.69 Å². The lowest BCUT2D eigenvalue weighted by Crippen LogP contribution is -2.46. The van der Waals surface area contributed by atoms with Crippen molar-refractivity contribution in [2.24, 2.45) is 0 Å². The van der Waals surface area contributed by atoms with Crippen molar-refractivity contribution in [2.75, 3.05) is 30.3 Å². The molecule has 0 bridgehead atoms. The molecule has 3 rings (SSSR count). The molecule has 2 aromatic rings. The van der Waals surface area contributed by atoms with Gasteiger partial charge in [0.1, 0.15) is 5.56 Å². The van der Waals surface area contributed by atoms with Crippen molar-refractivity contribution in [3.8, 4) is 0 Å². The van der Waals surface area contributed by atoms with Gasteiger partial charge in [-0.1, -0.05) is 18.2 Å². The van der Waals surface area contributed by atoms with Crippen molar-refractivity contribution in [1.29, 1.82) is 0 Å². The molecule has 24 heavy (non-hydrogen) atoms. The Morgan fingerprint density at radius 3 is 2.83 bits per heavy atom. The molecule has 1 aromatic carbocycles. The molecule has 1 aliphatic rings. The highest BCUT2D eigenvalue weighted by atomic mass is 32.2. The number of sulfone groups is 1. The zero-order chi connectivity index (χ0) is 17.3. The maximum atomic E-state index is 12.4. The first-order valence-corrected chi connectivity index (χ1v) is 9.67. The van der Waals surface area contributed by atoms with Crippen molar-refractivity contribution in [3.05, 3.63) is 36.0 Å². The minimum atomic E-state index is -3.07. The van der Waals surface area contributed by atoms with Gasteiger partial charge in [-0.3, -0.25) is 4.98 Å². The third-order valence-corrected chi connectivity index (χ3v) is 6.42. The second kappa shape index (κ2) is 6.39. The summed E-state index contributed by atoms with van der Waals surface area (Å²) in [5, 5.41) is 0.350. The van der Waals surface area contributed by atoms with Gasteiger partial charge in [0, 0.05) is 24.7 Å². The van der Waals surface area contributed by atoms with E-state index in [0.29, 0.717) is 24.3 Å². The van der Waals surface area contributed by atoms with Gasteiger partial charge in [0.25, 0.3) is 0 Å². The van der Waals surface area contributed by atoms with Gasteiger partial charge < -0.3 is 9.64 Å². The van der Waals surface area contributed by atoms with Crippen LogP contribution in [0.25, 0.3) is 10.9 Å². The van der Waals surface area contributed by atoms with E-state index in [1.165, 1.54) is 6.20 Å². The lowest BCUT2D eigenvalue weighted by Gasteiger charge is -2.34. The van der Waals surface area contributed by atoms with E-state index in [0.717, 1.165) is 10.9 Å². The number of carbonyl (C=O) groups is 1. The summed E-state index contributed by atoms with van der Waals surface area (Å²) in [5.41, 5.74) is 1.85. The van der Waals surface area contributed by atoms with Crippen LogP contribution in [0.15, 0.2) is 30.5 Å². The molecule has 1 atom stereocenters. The van der Waals surface area contributed by atoms with Gasteiger partial charge in [-0.15, -0.1) is 0 Å². The Bertz CT molecular complexity index is 879. The largest absolute Gasteiger partial charge is 0.462 e. The molecule has 1 aromatic heterocycles. The molecule has 2 heterocycles. The molecule has 128 valence electrons. The molecule has 1 fully saturated rings.